The molecule has 2 aliphatic rings. The number of aliphatic hydroxyl groups is 1. The Hall–Kier alpha value is -1.59. The molecule has 0 aliphatic carbocycles. The number of aliphatic hydroxyl groups excluding tert-OH is 1. The molecule has 43 heavy (non-hydrogen) atoms. The van der Waals surface area contributed by atoms with Gasteiger partial charge < -0.3 is 38.4 Å². The Labute approximate surface area is 253 Å². The number of phosphoric acid groups is 1. The largest absolute Gasteiger partial charge is 0.482 e. The minimum absolute atomic E-state index is 0.0145. The molecule has 248 valence electrons. The van der Waals surface area contributed by atoms with Gasteiger partial charge in [-0.3, -0.25) is 28.2 Å². The standard InChI is InChI=1S/C23H38O17P2S/c1-10-11(2)17(34-12(10)3)9-33-42(31,43)40-41(29,30)39-23-22(37-16(7)27)21(36-15(6)26)19(28)20(38-23)18(35-14(5)25)8-32-13(4)24/h10-12,17-23,28H,8-9H2,1-7H3,(H,29,30)(H,31,43)/t10-,11?,12-,17+,18-,19?,20?,21?,22?,23?,42?/m0/s1. The molecule has 0 spiro atoms. The zero-order chi connectivity index (χ0) is 32.9. The van der Waals surface area contributed by atoms with E-state index in [1.54, 1.807) is 0 Å². The zero-order valence-corrected chi connectivity index (χ0v) is 27.2. The first-order valence-corrected chi connectivity index (χ1v) is 17.3. The Balaban J connectivity index is 2.34. The molecular formula is C23H38O17P2S. The molecular weight excluding hydrogens is 642 g/mol. The summed E-state index contributed by atoms with van der Waals surface area (Å²) in [5.41, 5.74) is 0. The van der Waals surface area contributed by atoms with E-state index in [9.17, 15) is 38.3 Å². The summed E-state index contributed by atoms with van der Waals surface area (Å²) in [4.78, 5) is 57.4. The average Bonchev–Trinajstić information content (AvgIpc) is 3.09. The van der Waals surface area contributed by atoms with Gasteiger partial charge in [0, 0.05) is 27.7 Å². The quantitative estimate of drug-likeness (QED) is 0.109. The second kappa shape index (κ2) is 15.6. The molecule has 20 heteroatoms. The van der Waals surface area contributed by atoms with E-state index in [-0.39, 0.29) is 24.5 Å². The summed E-state index contributed by atoms with van der Waals surface area (Å²) in [6.45, 7) is 4.00. The summed E-state index contributed by atoms with van der Waals surface area (Å²) in [7, 11) is -5.50. The number of rotatable bonds is 13. The number of thiol groups is 1. The normalized spacial score (nSPS) is 34.2. The number of phosphoric ester groups is 1. The lowest BCUT2D eigenvalue weighted by Gasteiger charge is -2.44. The fourth-order valence-corrected chi connectivity index (χ4v) is 7.63. The average molecular weight is 681 g/mol. The van der Waals surface area contributed by atoms with Gasteiger partial charge in [-0.1, -0.05) is 26.1 Å². The maximum absolute atomic E-state index is 13.0. The second-order valence-electron chi connectivity index (χ2n) is 10.1. The molecule has 0 aromatic rings. The Bertz CT molecular complexity index is 1120. The molecule has 0 amide bonds. The van der Waals surface area contributed by atoms with Gasteiger partial charge in [-0.25, -0.2) is 9.13 Å². The first kappa shape index (κ1) is 37.6. The fraction of sp³-hybridized carbons (Fsp3) is 0.826. The lowest BCUT2D eigenvalue weighted by molar-refractivity contribution is -0.299. The van der Waals surface area contributed by atoms with Crippen molar-refractivity contribution in [2.45, 2.75) is 97.5 Å². The van der Waals surface area contributed by atoms with Crippen LogP contribution in [-0.2, 0) is 70.1 Å². The van der Waals surface area contributed by atoms with Gasteiger partial charge in [0.15, 0.2) is 18.3 Å². The fourth-order valence-electron chi connectivity index (χ4n) is 4.45. The maximum atomic E-state index is 13.0. The van der Waals surface area contributed by atoms with Crippen LogP contribution in [0.3, 0.4) is 0 Å². The molecule has 12 atom stereocenters. The molecule has 0 aromatic heterocycles. The third-order valence-corrected chi connectivity index (χ3v) is 10.3. The van der Waals surface area contributed by atoms with Crippen molar-refractivity contribution in [3.8, 4) is 0 Å². The number of hydrogen-bond acceptors (Lipinski definition) is 16. The molecule has 2 saturated heterocycles. The van der Waals surface area contributed by atoms with E-state index >= 15 is 0 Å². The molecule has 2 aliphatic heterocycles. The summed E-state index contributed by atoms with van der Waals surface area (Å²) < 4.78 is 72.2. The van der Waals surface area contributed by atoms with E-state index in [1.165, 1.54) is 0 Å². The summed E-state index contributed by atoms with van der Waals surface area (Å²) in [6.07, 6.45) is -11.9. The number of ether oxygens (including phenoxy) is 6. The zero-order valence-electron chi connectivity index (χ0n) is 24.5. The number of carbonyl (C=O) groups is 4. The first-order chi connectivity index (χ1) is 19.7. The predicted molar refractivity (Wildman–Crippen MR) is 145 cm³/mol. The highest BCUT2D eigenvalue weighted by molar-refractivity contribution is 8.45. The molecule has 2 rings (SSSR count). The first-order valence-electron chi connectivity index (χ1n) is 13.1. The monoisotopic (exact) mass is 680 g/mol. The van der Waals surface area contributed by atoms with E-state index in [0.717, 1.165) is 27.7 Å². The van der Waals surface area contributed by atoms with Gasteiger partial charge in [0.2, 0.25) is 6.29 Å². The van der Waals surface area contributed by atoms with E-state index in [1.807, 2.05) is 20.8 Å². The molecule has 17 nitrogen and oxygen atoms in total. The molecule has 2 heterocycles. The highest BCUT2D eigenvalue weighted by Crippen LogP contribution is 2.66. The van der Waals surface area contributed by atoms with E-state index < -0.39 is 88.0 Å². The van der Waals surface area contributed by atoms with Crippen LogP contribution in [0, 0.1) is 11.8 Å². The van der Waals surface area contributed by atoms with Gasteiger partial charge in [-0.05, 0) is 18.8 Å². The smallest absolute Gasteiger partial charge is 0.462 e. The number of esters is 4. The Morgan fingerprint density at radius 1 is 0.884 bits per heavy atom. The van der Waals surface area contributed by atoms with Crippen LogP contribution in [-0.4, -0.2) is 96.1 Å². The van der Waals surface area contributed by atoms with Crippen molar-refractivity contribution in [2.75, 3.05) is 13.2 Å². The van der Waals surface area contributed by atoms with Gasteiger partial charge in [0.05, 0.1) is 18.8 Å². The summed E-state index contributed by atoms with van der Waals surface area (Å²) in [6, 6.07) is 0. The Kier molecular flexibility index (Phi) is 13.6. The van der Waals surface area contributed by atoms with Crippen molar-refractivity contribution in [1.29, 1.82) is 0 Å². The minimum Gasteiger partial charge on any atom is -0.462 e. The molecule has 0 saturated carbocycles. The molecule has 2 N–H and O–H groups in total. The summed E-state index contributed by atoms with van der Waals surface area (Å²) in [5.74, 6) is -3.60. The lowest BCUT2D eigenvalue weighted by Crippen LogP contribution is -2.64. The molecule has 0 bridgehead atoms. The third-order valence-electron chi connectivity index (χ3n) is 6.69. The van der Waals surface area contributed by atoms with Crippen molar-refractivity contribution in [3.63, 3.8) is 0 Å². The van der Waals surface area contributed by atoms with Gasteiger partial charge in [0.1, 0.15) is 18.8 Å². The second-order valence-corrected chi connectivity index (χ2v) is 14.5. The van der Waals surface area contributed by atoms with Gasteiger partial charge in [0.25, 0.3) is 0 Å². The Morgan fingerprint density at radius 3 is 1.95 bits per heavy atom. The van der Waals surface area contributed by atoms with E-state index in [0.29, 0.717) is 0 Å². The molecule has 0 radical (unpaired) electrons. The van der Waals surface area contributed by atoms with Crippen molar-refractivity contribution in [1.82, 2.24) is 0 Å². The predicted octanol–water partition coefficient (Wildman–Crippen LogP) is 1.68. The number of hydrogen-bond donors (Lipinski definition) is 3. The van der Waals surface area contributed by atoms with Crippen molar-refractivity contribution in [2.24, 2.45) is 11.8 Å². The maximum Gasteiger partial charge on any atom is 0.482 e. The Morgan fingerprint density at radius 2 is 1.47 bits per heavy atom. The summed E-state index contributed by atoms with van der Waals surface area (Å²) in [5, 5.41) is 11.0. The van der Waals surface area contributed by atoms with Crippen LogP contribution in [0.4, 0.5) is 0 Å². The summed E-state index contributed by atoms with van der Waals surface area (Å²) >= 11 is 3.74. The molecule has 0 aromatic carbocycles. The highest BCUT2D eigenvalue weighted by atomic mass is 32.7. The SMILES string of the molecule is CC(=O)OC[C@H](OC(C)=O)C1OC(OP(=O)(O)OP(=O)(S)OC[C@H]2O[C@@H](C)[C@@H](C)C2C)C(OC(C)=O)C(OC(C)=O)C1O. The van der Waals surface area contributed by atoms with Crippen LogP contribution in [0.5, 0.6) is 0 Å². The van der Waals surface area contributed by atoms with Crippen molar-refractivity contribution < 1.29 is 80.1 Å². The van der Waals surface area contributed by atoms with E-state index in [2.05, 4.69) is 12.2 Å². The van der Waals surface area contributed by atoms with Gasteiger partial charge in [-0.2, -0.15) is 4.31 Å². The van der Waals surface area contributed by atoms with Crippen LogP contribution in [0.15, 0.2) is 0 Å². The third kappa shape index (κ3) is 11.4. The number of carbonyl (C=O) groups excluding carboxylic acids is 4. The highest BCUT2D eigenvalue weighted by Gasteiger charge is 2.55. The topological polar surface area (TPSA) is 226 Å². The minimum atomic E-state index is -5.50. The van der Waals surface area contributed by atoms with Crippen molar-refractivity contribution in [3.05, 3.63) is 0 Å². The van der Waals surface area contributed by atoms with Crippen LogP contribution in [0.1, 0.15) is 48.5 Å². The van der Waals surface area contributed by atoms with Gasteiger partial charge in [-0.15, -0.1) is 0 Å². The van der Waals surface area contributed by atoms with Crippen LogP contribution in [0.2, 0.25) is 0 Å². The molecule has 8 unspecified atom stereocenters. The van der Waals surface area contributed by atoms with Crippen molar-refractivity contribution >= 4 is 50.7 Å². The van der Waals surface area contributed by atoms with Crippen LogP contribution < -0.4 is 0 Å². The van der Waals surface area contributed by atoms with E-state index in [4.69, 9.17) is 41.8 Å². The molecule has 2 fully saturated rings. The van der Waals surface area contributed by atoms with Gasteiger partial charge >= 0.3 is 38.5 Å². The van der Waals surface area contributed by atoms with Crippen LogP contribution >= 0.6 is 26.9 Å². The lowest BCUT2D eigenvalue weighted by atomic mass is 9.91. The van der Waals surface area contributed by atoms with Crippen LogP contribution in [0.25, 0.3) is 0 Å².